The van der Waals surface area contributed by atoms with E-state index in [2.05, 4.69) is 10.6 Å². The zero-order chi connectivity index (χ0) is 7.33. The summed E-state index contributed by atoms with van der Waals surface area (Å²) in [7, 11) is -3.77. The lowest BCUT2D eigenvalue weighted by Gasteiger charge is -1.94. The van der Waals surface area contributed by atoms with Crippen molar-refractivity contribution >= 4 is 10.1 Å². The van der Waals surface area contributed by atoms with Gasteiger partial charge in [-0.2, -0.15) is 8.42 Å². The minimum Gasteiger partial charge on any atom is -0.378 e. The molecule has 0 atom stereocenters. The van der Waals surface area contributed by atoms with Crippen LogP contribution in [0.3, 0.4) is 0 Å². The first-order valence-electron chi connectivity index (χ1n) is 2.04. The van der Waals surface area contributed by atoms with Gasteiger partial charge in [-0.15, -0.1) is 6.42 Å². The summed E-state index contributed by atoms with van der Waals surface area (Å²) in [6, 6.07) is 0. The quantitative estimate of drug-likeness (QED) is 0.410. The van der Waals surface area contributed by atoms with Gasteiger partial charge in [0.05, 0.1) is 0 Å². The van der Waals surface area contributed by atoms with Crippen molar-refractivity contribution in [2.75, 3.05) is 12.5 Å². The van der Waals surface area contributed by atoms with Crippen LogP contribution in [0.1, 0.15) is 0 Å². The third-order valence-corrected chi connectivity index (χ3v) is 1.27. The van der Waals surface area contributed by atoms with E-state index in [-0.39, 0.29) is 6.61 Å². The molecule has 0 fully saturated rings. The lowest BCUT2D eigenvalue weighted by atomic mass is 10.8. The van der Waals surface area contributed by atoms with Gasteiger partial charge in [-0.25, -0.2) is 0 Å². The van der Waals surface area contributed by atoms with Gasteiger partial charge in [0.1, 0.15) is 6.61 Å². The van der Waals surface area contributed by atoms with E-state index in [0.29, 0.717) is 0 Å². The Bertz CT molecular complexity index is 197. The minimum absolute atomic E-state index is 0.330. The molecule has 5 heteroatoms. The Morgan fingerprint density at radius 1 is 1.67 bits per heavy atom. The molecule has 0 aliphatic carbocycles. The Morgan fingerprint density at radius 3 is 2.56 bits per heavy atom. The van der Waals surface area contributed by atoms with Crippen molar-refractivity contribution in [3.05, 3.63) is 0 Å². The summed E-state index contributed by atoms with van der Waals surface area (Å²) in [6.45, 7) is -0.330. The fraction of sp³-hybridized carbons (Fsp3) is 0.500. The molecule has 0 amide bonds. The normalized spacial score (nSPS) is 10.7. The van der Waals surface area contributed by atoms with Gasteiger partial charge < -0.3 is 5.11 Å². The molecule has 9 heavy (non-hydrogen) atoms. The van der Waals surface area contributed by atoms with Crippen molar-refractivity contribution in [1.29, 1.82) is 0 Å². The molecule has 0 aromatic rings. The van der Waals surface area contributed by atoms with Crippen LogP contribution in [0.5, 0.6) is 0 Å². The molecule has 0 aromatic heterocycles. The number of rotatable bonds is 3. The number of terminal acetylenes is 1. The molecule has 0 spiro atoms. The van der Waals surface area contributed by atoms with Gasteiger partial charge in [-0.3, -0.25) is 4.18 Å². The first-order valence-corrected chi connectivity index (χ1v) is 3.61. The predicted octanol–water partition coefficient (Wildman–Crippen LogP) is -1.08. The lowest BCUT2D eigenvalue weighted by molar-refractivity contribution is 0.302. The van der Waals surface area contributed by atoms with Gasteiger partial charge in [0, 0.05) is 0 Å². The summed E-state index contributed by atoms with van der Waals surface area (Å²) >= 11 is 0. The maximum Gasteiger partial charge on any atom is 0.292 e. The summed E-state index contributed by atoms with van der Waals surface area (Å²) < 4.78 is 24.4. The highest BCUT2D eigenvalue weighted by atomic mass is 32.2. The molecule has 0 unspecified atom stereocenters. The number of aliphatic hydroxyl groups excluding tert-OH is 1. The van der Waals surface area contributed by atoms with Crippen LogP contribution in [0.25, 0.3) is 0 Å². The number of hydrogen-bond acceptors (Lipinski definition) is 4. The highest BCUT2D eigenvalue weighted by molar-refractivity contribution is 7.86. The Hall–Kier alpha value is -0.570. The molecule has 0 radical (unpaired) electrons. The number of hydrogen-bond donors (Lipinski definition) is 1. The first kappa shape index (κ1) is 8.43. The zero-order valence-corrected chi connectivity index (χ0v) is 5.39. The fourth-order valence-corrected chi connectivity index (χ4v) is 0.483. The Labute approximate surface area is 53.6 Å². The van der Waals surface area contributed by atoms with Crippen molar-refractivity contribution in [1.82, 2.24) is 0 Å². The van der Waals surface area contributed by atoms with Crippen molar-refractivity contribution in [2.24, 2.45) is 0 Å². The standard InChI is InChI=1S/C4H6O4S/c1-2-3-8-9(6,7)4-5/h1,5H,3-4H2. The average molecular weight is 150 g/mol. The van der Waals surface area contributed by atoms with Crippen molar-refractivity contribution < 1.29 is 17.7 Å². The van der Waals surface area contributed by atoms with Crippen LogP contribution < -0.4 is 0 Å². The zero-order valence-electron chi connectivity index (χ0n) is 4.57. The van der Waals surface area contributed by atoms with Gasteiger partial charge in [-0.1, -0.05) is 5.92 Å². The van der Waals surface area contributed by atoms with Crippen LogP contribution in [0.15, 0.2) is 0 Å². The predicted molar refractivity (Wildman–Crippen MR) is 30.8 cm³/mol. The molecule has 4 nitrogen and oxygen atoms in total. The molecule has 52 valence electrons. The molecular formula is C4H6O4S. The number of aliphatic hydroxyl groups is 1. The maximum atomic E-state index is 10.2. The van der Waals surface area contributed by atoms with E-state index in [1.165, 1.54) is 0 Å². The van der Waals surface area contributed by atoms with Gasteiger partial charge in [0.2, 0.25) is 0 Å². The van der Waals surface area contributed by atoms with Crippen LogP contribution in [0.2, 0.25) is 0 Å². The molecule has 0 heterocycles. The molecule has 0 saturated carbocycles. The second-order valence-electron chi connectivity index (χ2n) is 1.15. The SMILES string of the molecule is C#CCOS(=O)(=O)CO. The van der Waals surface area contributed by atoms with E-state index >= 15 is 0 Å². The van der Waals surface area contributed by atoms with E-state index in [4.69, 9.17) is 5.11 Å². The molecular weight excluding hydrogens is 144 g/mol. The van der Waals surface area contributed by atoms with Gasteiger partial charge in [0.15, 0.2) is 5.94 Å². The monoisotopic (exact) mass is 150 g/mol. The Kier molecular flexibility index (Phi) is 3.24. The van der Waals surface area contributed by atoms with Crippen LogP contribution in [0.4, 0.5) is 0 Å². The highest BCUT2D eigenvalue weighted by Gasteiger charge is 2.05. The minimum atomic E-state index is -3.77. The largest absolute Gasteiger partial charge is 0.378 e. The summed E-state index contributed by atoms with van der Waals surface area (Å²) in [5, 5.41) is 8.04. The van der Waals surface area contributed by atoms with Gasteiger partial charge >= 0.3 is 0 Å². The lowest BCUT2D eigenvalue weighted by Crippen LogP contribution is -2.09. The maximum absolute atomic E-state index is 10.2. The van der Waals surface area contributed by atoms with E-state index in [1.807, 2.05) is 5.92 Å². The third kappa shape index (κ3) is 3.97. The summed E-state index contributed by atoms with van der Waals surface area (Å²) in [4.78, 5) is 0. The molecule has 0 saturated heterocycles. The second-order valence-corrected chi connectivity index (χ2v) is 2.76. The third-order valence-electron chi connectivity index (χ3n) is 0.480. The van der Waals surface area contributed by atoms with Crippen LogP contribution in [-0.4, -0.2) is 26.1 Å². The molecule has 0 aliphatic heterocycles. The van der Waals surface area contributed by atoms with Crippen LogP contribution in [-0.2, 0) is 14.3 Å². The molecule has 0 aromatic carbocycles. The van der Waals surface area contributed by atoms with Crippen molar-refractivity contribution in [3.8, 4) is 12.3 Å². The molecule has 0 bridgehead atoms. The molecule has 0 rings (SSSR count). The van der Waals surface area contributed by atoms with Crippen molar-refractivity contribution in [3.63, 3.8) is 0 Å². The van der Waals surface area contributed by atoms with Crippen LogP contribution in [0, 0.1) is 12.3 Å². The summed E-state index contributed by atoms with van der Waals surface area (Å²) in [5.41, 5.74) is 0. The summed E-state index contributed by atoms with van der Waals surface area (Å²) in [6.07, 6.45) is 4.67. The fourth-order valence-electron chi connectivity index (χ4n) is 0.161. The van der Waals surface area contributed by atoms with E-state index in [0.717, 1.165) is 0 Å². The Balaban J connectivity index is 3.78. The van der Waals surface area contributed by atoms with E-state index in [1.54, 1.807) is 0 Å². The van der Waals surface area contributed by atoms with Gasteiger partial charge in [-0.05, 0) is 0 Å². The van der Waals surface area contributed by atoms with Gasteiger partial charge in [0.25, 0.3) is 10.1 Å². The smallest absolute Gasteiger partial charge is 0.292 e. The van der Waals surface area contributed by atoms with E-state index in [9.17, 15) is 8.42 Å². The van der Waals surface area contributed by atoms with E-state index < -0.39 is 16.1 Å². The second kappa shape index (κ2) is 3.45. The molecule has 0 aliphatic rings. The highest BCUT2D eigenvalue weighted by Crippen LogP contribution is 1.87. The molecule has 1 N–H and O–H groups in total. The topological polar surface area (TPSA) is 63.6 Å². The summed E-state index contributed by atoms with van der Waals surface area (Å²) in [5.74, 6) is 0.913. The first-order chi connectivity index (χ1) is 4.12. The van der Waals surface area contributed by atoms with Crippen molar-refractivity contribution in [2.45, 2.75) is 0 Å². The van der Waals surface area contributed by atoms with Crippen LogP contribution >= 0.6 is 0 Å². The average Bonchev–Trinajstić information content (AvgIpc) is 1.84. The Morgan fingerprint density at radius 2 is 2.22 bits per heavy atom.